The molecule has 1 N–H and O–H groups in total. The number of carbonyl (C=O) groups is 1. The van der Waals surface area contributed by atoms with Gasteiger partial charge in [0.2, 0.25) is 10.0 Å². The molecule has 29 heavy (non-hydrogen) atoms. The van der Waals surface area contributed by atoms with Crippen LogP contribution in [0.15, 0.2) is 53.4 Å². The zero-order chi connectivity index (χ0) is 20.9. The molecule has 0 unspecified atom stereocenters. The van der Waals surface area contributed by atoms with Crippen LogP contribution in [0.2, 0.25) is 0 Å². The van der Waals surface area contributed by atoms with E-state index in [1.54, 1.807) is 50.6 Å². The van der Waals surface area contributed by atoms with Gasteiger partial charge in [0, 0.05) is 31.5 Å². The SMILES string of the molecule is COCc1ccc(C(=O)Nc2ccc(S(=O)(=O)N(C)C3CCCCC3)cc2)cc1. The number of methoxy groups -OCH3 is 1. The second-order valence-electron chi connectivity index (χ2n) is 7.42. The van der Waals surface area contributed by atoms with E-state index in [-0.39, 0.29) is 16.8 Å². The van der Waals surface area contributed by atoms with Crippen LogP contribution in [0.1, 0.15) is 48.0 Å². The molecule has 0 radical (unpaired) electrons. The van der Waals surface area contributed by atoms with E-state index in [0.717, 1.165) is 31.2 Å². The van der Waals surface area contributed by atoms with Crippen LogP contribution in [0.3, 0.4) is 0 Å². The van der Waals surface area contributed by atoms with Crippen molar-refractivity contribution in [3.63, 3.8) is 0 Å². The number of hydrogen-bond acceptors (Lipinski definition) is 4. The van der Waals surface area contributed by atoms with E-state index in [0.29, 0.717) is 17.9 Å². The fourth-order valence-electron chi connectivity index (χ4n) is 3.64. The molecule has 6 nitrogen and oxygen atoms in total. The van der Waals surface area contributed by atoms with Gasteiger partial charge < -0.3 is 10.1 Å². The number of sulfonamides is 1. The van der Waals surface area contributed by atoms with Gasteiger partial charge in [0.1, 0.15) is 0 Å². The Kier molecular flexibility index (Phi) is 7.05. The zero-order valence-electron chi connectivity index (χ0n) is 16.9. The van der Waals surface area contributed by atoms with Crippen molar-refractivity contribution in [2.24, 2.45) is 0 Å². The van der Waals surface area contributed by atoms with E-state index in [9.17, 15) is 13.2 Å². The minimum Gasteiger partial charge on any atom is -0.380 e. The van der Waals surface area contributed by atoms with Crippen molar-refractivity contribution in [2.75, 3.05) is 19.5 Å². The van der Waals surface area contributed by atoms with E-state index < -0.39 is 10.0 Å². The summed E-state index contributed by atoms with van der Waals surface area (Å²) >= 11 is 0. The van der Waals surface area contributed by atoms with E-state index in [4.69, 9.17) is 4.74 Å². The Bertz CT molecular complexity index is 918. The largest absolute Gasteiger partial charge is 0.380 e. The summed E-state index contributed by atoms with van der Waals surface area (Å²) in [6.07, 6.45) is 5.14. The first-order chi connectivity index (χ1) is 13.9. The predicted molar refractivity (Wildman–Crippen MR) is 113 cm³/mol. The molecule has 2 aromatic carbocycles. The van der Waals surface area contributed by atoms with E-state index in [2.05, 4.69) is 5.32 Å². The van der Waals surface area contributed by atoms with Crippen LogP contribution in [0.4, 0.5) is 5.69 Å². The standard InChI is InChI=1S/C22H28N2O4S/c1-24(20-6-4-3-5-7-20)29(26,27)21-14-12-19(13-15-21)23-22(25)18-10-8-17(9-11-18)16-28-2/h8-15,20H,3-7,16H2,1-2H3,(H,23,25). The van der Waals surface area contributed by atoms with Gasteiger partial charge in [0.05, 0.1) is 11.5 Å². The average molecular weight is 417 g/mol. The molecule has 7 heteroatoms. The highest BCUT2D eigenvalue weighted by atomic mass is 32.2. The Labute approximate surface area is 172 Å². The van der Waals surface area contributed by atoms with Gasteiger partial charge in [-0.25, -0.2) is 8.42 Å². The van der Waals surface area contributed by atoms with Gasteiger partial charge in [-0.05, 0) is 54.8 Å². The number of nitrogens with one attached hydrogen (secondary N) is 1. The predicted octanol–water partition coefficient (Wildman–Crippen LogP) is 4.04. The van der Waals surface area contributed by atoms with Gasteiger partial charge in [-0.2, -0.15) is 4.31 Å². The van der Waals surface area contributed by atoms with Gasteiger partial charge in [-0.1, -0.05) is 31.4 Å². The number of hydrogen-bond donors (Lipinski definition) is 1. The number of amides is 1. The zero-order valence-corrected chi connectivity index (χ0v) is 17.7. The van der Waals surface area contributed by atoms with E-state index in [1.807, 2.05) is 12.1 Å². The molecule has 0 bridgehead atoms. The molecule has 0 spiro atoms. The second-order valence-corrected chi connectivity index (χ2v) is 9.42. The molecule has 3 rings (SSSR count). The molecule has 1 aliphatic rings. The maximum atomic E-state index is 12.9. The van der Waals surface area contributed by atoms with Crippen molar-refractivity contribution in [1.82, 2.24) is 4.31 Å². The summed E-state index contributed by atoms with van der Waals surface area (Å²) in [4.78, 5) is 12.7. The number of benzene rings is 2. The van der Waals surface area contributed by atoms with Crippen molar-refractivity contribution in [3.8, 4) is 0 Å². The molecule has 1 amide bonds. The third kappa shape index (κ3) is 5.23. The van der Waals surface area contributed by atoms with Gasteiger partial charge in [-0.15, -0.1) is 0 Å². The normalized spacial score (nSPS) is 15.4. The molecule has 1 fully saturated rings. The number of nitrogens with zero attached hydrogens (tertiary/aromatic N) is 1. The minimum atomic E-state index is -3.54. The molecular formula is C22H28N2O4S. The molecule has 0 saturated heterocycles. The average Bonchev–Trinajstić information content (AvgIpc) is 2.75. The van der Waals surface area contributed by atoms with E-state index >= 15 is 0 Å². The fraction of sp³-hybridized carbons (Fsp3) is 0.409. The van der Waals surface area contributed by atoms with Crippen LogP contribution in [0.25, 0.3) is 0 Å². The van der Waals surface area contributed by atoms with Crippen LogP contribution in [0.5, 0.6) is 0 Å². The fourth-order valence-corrected chi connectivity index (χ4v) is 5.06. The Morgan fingerprint density at radius 3 is 2.24 bits per heavy atom. The Morgan fingerprint density at radius 1 is 1.03 bits per heavy atom. The third-order valence-electron chi connectivity index (χ3n) is 5.41. The highest BCUT2D eigenvalue weighted by Gasteiger charge is 2.28. The first kappa shape index (κ1) is 21.5. The summed E-state index contributed by atoms with van der Waals surface area (Å²) < 4.78 is 32.4. The molecule has 1 aliphatic carbocycles. The summed E-state index contributed by atoms with van der Waals surface area (Å²) in [6, 6.07) is 13.6. The lowest BCUT2D eigenvalue weighted by atomic mass is 9.96. The highest BCUT2D eigenvalue weighted by molar-refractivity contribution is 7.89. The lowest BCUT2D eigenvalue weighted by Gasteiger charge is -2.30. The third-order valence-corrected chi connectivity index (χ3v) is 7.33. The van der Waals surface area contributed by atoms with Crippen molar-refractivity contribution in [3.05, 3.63) is 59.7 Å². The first-order valence-corrected chi connectivity index (χ1v) is 11.3. The van der Waals surface area contributed by atoms with Crippen molar-refractivity contribution in [2.45, 2.75) is 49.6 Å². The number of carbonyl (C=O) groups excluding carboxylic acids is 1. The number of anilines is 1. The Morgan fingerprint density at radius 2 is 1.66 bits per heavy atom. The van der Waals surface area contributed by atoms with Crippen LogP contribution in [-0.2, 0) is 21.4 Å². The number of rotatable bonds is 7. The summed E-state index contributed by atoms with van der Waals surface area (Å²) in [5.41, 5.74) is 2.06. The van der Waals surface area contributed by atoms with Crippen molar-refractivity contribution >= 4 is 21.6 Å². The summed E-state index contributed by atoms with van der Waals surface area (Å²) in [6.45, 7) is 0.493. The highest BCUT2D eigenvalue weighted by Crippen LogP contribution is 2.27. The Balaban J connectivity index is 1.66. The minimum absolute atomic E-state index is 0.0641. The number of ether oxygens (including phenoxy) is 1. The molecule has 1 saturated carbocycles. The molecular weight excluding hydrogens is 388 g/mol. The monoisotopic (exact) mass is 416 g/mol. The molecule has 2 aromatic rings. The van der Waals surface area contributed by atoms with Crippen LogP contribution in [-0.4, -0.2) is 38.8 Å². The van der Waals surface area contributed by atoms with Gasteiger partial charge in [-0.3, -0.25) is 4.79 Å². The summed E-state index contributed by atoms with van der Waals surface area (Å²) in [7, 11) is -0.254. The molecule has 0 aliphatic heterocycles. The second kappa shape index (κ2) is 9.52. The smallest absolute Gasteiger partial charge is 0.255 e. The van der Waals surface area contributed by atoms with Gasteiger partial charge in [0.15, 0.2) is 0 Å². The topological polar surface area (TPSA) is 75.7 Å². The molecule has 156 valence electrons. The van der Waals surface area contributed by atoms with Gasteiger partial charge >= 0.3 is 0 Å². The van der Waals surface area contributed by atoms with Gasteiger partial charge in [0.25, 0.3) is 5.91 Å². The first-order valence-electron chi connectivity index (χ1n) is 9.89. The van der Waals surface area contributed by atoms with Crippen LogP contribution < -0.4 is 5.32 Å². The lowest BCUT2D eigenvalue weighted by molar-refractivity contribution is 0.102. The molecule has 0 heterocycles. The van der Waals surface area contributed by atoms with E-state index in [1.165, 1.54) is 10.7 Å². The van der Waals surface area contributed by atoms with Crippen molar-refractivity contribution in [1.29, 1.82) is 0 Å². The quantitative estimate of drug-likeness (QED) is 0.739. The molecule has 0 atom stereocenters. The van der Waals surface area contributed by atoms with Crippen LogP contribution in [0, 0.1) is 0 Å². The summed E-state index contributed by atoms with van der Waals surface area (Å²) in [5, 5.41) is 2.80. The molecule has 0 aromatic heterocycles. The van der Waals surface area contributed by atoms with Crippen molar-refractivity contribution < 1.29 is 17.9 Å². The maximum absolute atomic E-state index is 12.9. The maximum Gasteiger partial charge on any atom is 0.255 e. The van der Waals surface area contributed by atoms with Crippen LogP contribution >= 0.6 is 0 Å². The lowest BCUT2D eigenvalue weighted by Crippen LogP contribution is -2.38. The Hall–Kier alpha value is -2.22. The summed E-state index contributed by atoms with van der Waals surface area (Å²) in [5.74, 6) is -0.246.